The molecular weight excluding hydrogens is 501 g/mol. The van der Waals surface area contributed by atoms with Crippen molar-refractivity contribution < 1.29 is 27.6 Å². The number of anilines is 1. The number of morpholine rings is 1. The zero-order valence-electron chi connectivity index (χ0n) is 20.1. The SMILES string of the molecule is N#C/C(=C\C1=C(N2CCOCC2)C(=C\c2ccc([N+](=O)[O-])cc2)/CC1)C(=O)Nc1cccc(C(F)(F)F)c1. The molecule has 0 radical (unpaired) electrons. The molecule has 2 aliphatic rings. The average molecular weight is 524 g/mol. The molecule has 2 aromatic carbocycles. The van der Waals surface area contributed by atoms with Crippen LogP contribution < -0.4 is 5.32 Å². The number of carbonyl (C=O) groups excluding carboxylic acids is 1. The number of amides is 1. The Balaban J connectivity index is 1.66. The summed E-state index contributed by atoms with van der Waals surface area (Å²) in [5.41, 5.74) is 2.08. The van der Waals surface area contributed by atoms with Crippen molar-refractivity contribution in [2.75, 3.05) is 31.6 Å². The fourth-order valence-electron chi connectivity index (χ4n) is 4.37. The van der Waals surface area contributed by atoms with Crippen molar-refractivity contribution in [3.63, 3.8) is 0 Å². The number of rotatable bonds is 6. The number of non-ortho nitro benzene ring substituents is 1. The van der Waals surface area contributed by atoms with E-state index in [2.05, 4.69) is 10.2 Å². The summed E-state index contributed by atoms with van der Waals surface area (Å²) < 4.78 is 44.6. The quantitative estimate of drug-likeness (QED) is 0.233. The van der Waals surface area contributed by atoms with Crippen molar-refractivity contribution in [1.82, 2.24) is 4.90 Å². The second kappa shape index (κ2) is 11.3. The topological polar surface area (TPSA) is 108 Å². The summed E-state index contributed by atoms with van der Waals surface area (Å²) >= 11 is 0. The maximum atomic E-state index is 13.0. The summed E-state index contributed by atoms with van der Waals surface area (Å²) in [6, 6.07) is 12.2. The second-order valence-corrected chi connectivity index (χ2v) is 8.69. The van der Waals surface area contributed by atoms with E-state index in [9.17, 15) is 33.3 Å². The van der Waals surface area contributed by atoms with E-state index in [1.807, 2.05) is 12.1 Å². The lowest BCUT2D eigenvalue weighted by Gasteiger charge is -2.31. The maximum absolute atomic E-state index is 13.0. The average Bonchev–Trinajstić information content (AvgIpc) is 3.29. The molecule has 196 valence electrons. The number of hydrogen-bond donors (Lipinski definition) is 1. The van der Waals surface area contributed by atoms with Crippen LogP contribution in [0.5, 0.6) is 0 Å². The zero-order valence-corrected chi connectivity index (χ0v) is 20.1. The Morgan fingerprint density at radius 3 is 2.47 bits per heavy atom. The van der Waals surface area contributed by atoms with Crippen molar-refractivity contribution in [3.8, 4) is 6.07 Å². The van der Waals surface area contributed by atoms with E-state index in [0.717, 1.165) is 34.5 Å². The number of ether oxygens (including phenoxy) is 1. The smallest absolute Gasteiger partial charge is 0.378 e. The number of allylic oxidation sites excluding steroid dienone is 3. The Morgan fingerprint density at radius 1 is 1.13 bits per heavy atom. The first kappa shape index (κ1) is 26.6. The minimum Gasteiger partial charge on any atom is -0.378 e. The Labute approximate surface area is 216 Å². The monoisotopic (exact) mass is 524 g/mol. The molecule has 0 unspecified atom stereocenters. The maximum Gasteiger partial charge on any atom is 0.416 e. The van der Waals surface area contributed by atoms with E-state index in [4.69, 9.17) is 4.74 Å². The van der Waals surface area contributed by atoms with Gasteiger partial charge in [0.25, 0.3) is 11.6 Å². The first-order valence-corrected chi connectivity index (χ1v) is 11.8. The summed E-state index contributed by atoms with van der Waals surface area (Å²) in [7, 11) is 0. The Morgan fingerprint density at radius 2 is 1.84 bits per heavy atom. The van der Waals surface area contributed by atoms with Gasteiger partial charge in [0.05, 0.1) is 23.7 Å². The van der Waals surface area contributed by atoms with E-state index < -0.39 is 22.6 Å². The van der Waals surface area contributed by atoms with E-state index in [1.165, 1.54) is 30.3 Å². The number of nitriles is 1. The summed E-state index contributed by atoms with van der Waals surface area (Å²) in [5.74, 6) is -0.812. The number of alkyl halides is 3. The molecule has 1 aliphatic carbocycles. The highest BCUT2D eigenvalue weighted by molar-refractivity contribution is 6.07. The van der Waals surface area contributed by atoms with Crippen molar-refractivity contribution in [1.29, 1.82) is 5.26 Å². The third-order valence-corrected chi connectivity index (χ3v) is 6.18. The number of nitrogens with one attached hydrogen (secondary N) is 1. The number of nitro groups is 1. The Kier molecular flexibility index (Phi) is 7.93. The van der Waals surface area contributed by atoms with E-state index in [-0.39, 0.29) is 16.9 Å². The van der Waals surface area contributed by atoms with Crippen molar-refractivity contribution in [2.45, 2.75) is 19.0 Å². The van der Waals surface area contributed by atoms with Gasteiger partial charge in [-0.15, -0.1) is 0 Å². The van der Waals surface area contributed by atoms with E-state index in [1.54, 1.807) is 12.1 Å². The molecule has 1 saturated heterocycles. The molecule has 8 nitrogen and oxygen atoms in total. The molecule has 0 aromatic heterocycles. The summed E-state index contributed by atoms with van der Waals surface area (Å²) in [6.45, 7) is 2.21. The lowest BCUT2D eigenvalue weighted by atomic mass is 10.1. The Bertz CT molecular complexity index is 1370. The van der Waals surface area contributed by atoms with Crippen molar-refractivity contribution in [2.24, 2.45) is 0 Å². The van der Waals surface area contributed by atoms with Crippen LogP contribution in [0.25, 0.3) is 6.08 Å². The van der Waals surface area contributed by atoms with E-state index >= 15 is 0 Å². The third kappa shape index (κ3) is 6.27. The molecule has 0 saturated carbocycles. The molecule has 0 bridgehead atoms. The molecule has 1 heterocycles. The van der Waals surface area contributed by atoms with Crippen molar-refractivity contribution >= 4 is 23.4 Å². The third-order valence-electron chi connectivity index (χ3n) is 6.18. The van der Waals surface area contributed by atoms with Gasteiger partial charge in [-0.1, -0.05) is 6.07 Å². The normalized spacial score (nSPS) is 17.5. The van der Waals surface area contributed by atoms with Gasteiger partial charge in [0.1, 0.15) is 11.6 Å². The minimum atomic E-state index is -4.57. The van der Waals surface area contributed by atoms with Gasteiger partial charge in [0.15, 0.2) is 0 Å². The molecule has 2 aromatic rings. The molecular formula is C27H23F3N4O4. The van der Waals surface area contributed by atoms with Gasteiger partial charge in [-0.25, -0.2) is 0 Å². The van der Waals surface area contributed by atoms with Crippen LogP contribution in [0.1, 0.15) is 24.0 Å². The fraction of sp³-hybridized carbons (Fsp3) is 0.259. The lowest BCUT2D eigenvalue weighted by molar-refractivity contribution is -0.384. The number of benzene rings is 2. The van der Waals surface area contributed by atoms with Gasteiger partial charge < -0.3 is 15.0 Å². The van der Waals surface area contributed by atoms with Crippen LogP contribution in [-0.2, 0) is 15.7 Å². The number of nitro benzene ring substituents is 1. The van der Waals surface area contributed by atoms with Gasteiger partial charge in [-0.2, -0.15) is 18.4 Å². The fourth-order valence-corrected chi connectivity index (χ4v) is 4.37. The second-order valence-electron chi connectivity index (χ2n) is 8.69. The summed E-state index contributed by atoms with van der Waals surface area (Å²) in [6.07, 6.45) is -0.0196. The van der Waals surface area contributed by atoms with Crippen LogP contribution >= 0.6 is 0 Å². The Hall–Kier alpha value is -4.43. The standard InChI is InChI=1S/C27H23F3N4O4/c28-27(29,30)22-2-1-3-23(16-22)32-26(35)21(17-31)15-20-7-6-19(25(20)33-10-12-38-13-11-33)14-18-4-8-24(9-5-18)34(36)37/h1-5,8-9,14-16H,6-7,10-13H2,(H,32,35)/b19-14-,21-15+. The highest BCUT2D eigenvalue weighted by Crippen LogP contribution is 2.37. The molecule has 38 heavy (non-hydrogen) atoms. The van der Waals surface area contributed by atoms with Gasteiger partial charge in [0.2, 0.25) is 0 Å². The lowest BCUT2D eigenvalue weighted by Crippen LogP contribution is -2.36. The number of nitrogens with zero attached hydrogens (tertiary/aromatic N) is 3. The predicted molar refractivity (Wildman–Crippen MR) is 133 cm³/mol. The first-order valence-electron chi connectivity index (χ1n) is 11.8. The van der Waals surface area contributed by atoms with Gasteiger partial charge in [-0.05, 0) is 72.0 Å². The summed E-state index contributed by atoms with van der Waals surface area (Å²) in [4.78, 5) is 25.4. The molecule has 1 fully saturated rings. The van der Waals surface area contributed by atoms with Crippen LogP contribution in [-0.4, -0.2) is 42.0 Å². The highest BCUT2D eigenvalue weighted by atomic mass is 19.4. The molecule has 4 rings (SSSR count). The van der Waals surface area contributed by atoms with Gasteiger partial charge >= 0.3 is 6.18 Å². The van der Waals surface area contributed by atoms with Crippen LogP contribution in [0.3, 0.4) is 0 Å². The molecule has 0 atom stereocenters. The van der Waals surface area contributed by atoms with Crippen LogP contribution in [0.15, 0.2) is 77.0 Å². The predicted octanol–water partition coefficient (Wildman–Crippen LogP) is 5.47. The van der Waals surface area contributed by atoms with E-state index in [0.29, 0.717) is 39.1 Å². The number of hydrogen-bond acceptors (Lipinski definition) is 6. The van der Waals surface area contributed by atoms with Crippen LogP contribution in [0.2, 0.25) is 0 Å². The van der Waals surface area contributed by atoms with Gasteiger partial charge in [0, 0.05) is 36.6 Å². The van der Waals surface area contributed by atoms with Crippen LogP contribution in [0.4, 0.5) is 24.5 Å². The summed E-state index contributed by atoms with van der Waals surface area (Å²) in [5, 5.41) is 23.1. The number of carbonyl (C=O) groups is 1. The molecule has 1 amide bonds. The molecule has 1 aliphatic heterocycles. The van der Waals surface area contributed by atoms with Gasteiger partial charge in [-0.3, -0.25) is 14.9 Å². The zero-order chi connectivity index (χ0) is 27.3. The van der Waals surface area contributed by atoms with Crippen LogP contribution in [0, 0.1) is 21.4 Å². The first-order chi connectivity index (χ1) is 18.2. The molecule has 0 spiro atoms. The molecule has 11 heteroatoms. The number of halogens is 3. The highest BCUT2D eigenvalue weighted by Gasteiger charge is 2.31. The molecule has 1 N–H and O–H groups in total. The largest absolute Gasteiger partial charge is 0.416 e. The minimum absolute atomic E-state index is 0.0171. The van der Waals surface area contributed by atoms with Crippen molar-refractivity contribution in [3.05, 3.63) is 98.3 Å².